The molecule has 3 heteroatoms. The van der Waals surface area contributed by atoms with Gasteiger partial charge in [-0.15, -0.1) is 0 Å². The summed E-state index contributed by atoms with van der Waals surface area (Å²) in [5.41, 5.74) is 0. The Labute approximate surface area is 74.8 Å². The fourth-order valence-electron chi connectivity index (χ4n) is 0.726. The molecular weight excluding hydrogens is 150 g/mol. The molecule has 0 spiro atoms. The van der Waals surface area contributed by atoms with E-state index in [0.29, 0.717) is 5.92 Å². The van der Waals surface area contributed by atoms with Gasteiger partial charge < -0.3 is 0 Å². The molecule has 0 radical (unpaired) electrons. The predicted molar refractivity (Wildman–Crippen MR) is 51.1 cm³/mol. The van der Waals surface area contributed by atoms with Crippen LogP contribution in [0.4, 0.5) is 0 Å². The van der Waals surface area contributed by atoms with E-state index in [1.807, 2.05) is 18.5 Å². The van der Waals surface area contributed by atoms with Gasteiger partial charge in [-0.3, -0.25) is 4.68 Å². The Kier molecular flexibility index (Phi) is 5.34. The monoisotopic (exact) mass is 169 g/mol. The maximum absolute atomic E-state index is 4.23. The third-order valence-electron chi connectivity index (χ3n) is 1.39. The minimum atomic E-state index is 0.438. The molecule has 0 aliphatic heterocycles. The van der Waals surface area contributed by atoms with E-state index in [-0.39, 0.29) is 0 Å². The molecule has 0 aliphatic carbocycles. The van der Waals surface area contributed by atoms with E-state index in [1.54, 1.807) is 6.33 Å². The Morgan fingerprint density at radius 1 is 1.42 bits per heavy atom. The lowest BCUT2D eigenvalue weighted by molar-refractivity contribution is 0.635. The Hall–Kier alpha value is -0.860. The highest BCUT2D eigenvalue weighted by molar-refractivity contribution is 4.88. The van der Waals surface area contributed by atoms with Crippen molar-refractivity contribution in [2.45, 2.75) is 47.1 Å². The van der Waals surface area contributed by atoms with E-state index >= 15 is 0 Å². The Balaban J connectivity index is 0.000000561. The third-order valence-corrected chi connectivity index (χ3v) is 1.39. The van der Waals surface area contributed by atoms with E-state index < -0.39 is 0 Å². The van der Waals surface area contributed by atoms with Crippen molar-refractivity contribution >= 4 is 0 Å². The number of nitrogens with zero attached hydrogens (tertiary/aromatic N) is 3. The summed E-state index contributed by atoms with van der Waals surface area (Å²) in [7, 11) is 0. The number of hydrogen-bond donors (Lipinski definition) is 0. The second kappa shape index (κ2) is 5.75. The Morgan fingerprint density at radius 3 is 2.25 bits per heavy atom. The molecule has 0 fully saturated rings. The summed E-state index contributed by atoms with van der Waals surface area (Å²) in [5, 5.41) is 4.23. The molecule has 0 unspecified atom stereocenters. The quantitative estimate of drug-likeness (QED) is 0.680. The molecule has 0 bridgehead atoms. The van der Waals surface area contributed by atoms with Crippen LogP contribution in [-0.2, 0) is 6.54 Å². The summed E-state index contributed by atoms with van der Waals surface area (Å²) < 4.78 is 1.84. The summed E-state index contributed by atoms with van der Waals surface area (Å²) in [4.78, 5) is 4.14. The first-order valence-corrected chi connectivity index (χ1v) is 4.63. The van der Waals surface area contributed by atoms with Gasteiger partial charge in [0.1, 0.15) is 6.33 Å². The zero-order valence-electron chi connectivity index (χ0n) is 8.70. The SMILES string of the molecule is CC.CCn1cnc(C(C)C)n1. The second-order valence-electron chi connectivity index (χ2n) is 2.61. The third kappa shape index (κ3) is 3.03. The molecule has 0 N–H and O–H groups in total. The van der Waals surface area contributed by atoms with Gasteiger partial charge in [-0.1, -0.05) is 27.7 Å². The highest BCUT2D eigenvalue weighted by atomic mass is 15.3. The minimum Gasteiger partial charge on any atom is -0.253 e. The highest BCUT2D eigenvalue weighted by Crippen LogP contribution is 2.06. The lowest BCUT2D eigenvalue weighted by Gasteiger charge is -1.94. The molecule has 1 rings (SSSR count). The van der Waals surface area contributed by atoms with Gasteiger partial charge in [0.25, 0.3) is 0 Å². The summed E-state index contributed by atoms with van der Waals surface area (Å²) in [6.07, 6.45) is 1.77. The van der Waals surface area contributed by atoms with Gasteiger partial charge in [0.15, 0.2) is 5.82 Å². The standard InChI is InChI=1S/C7H13N3.C2H6/c1-4-10-5-8-7(9-10)6(2)3;1-2/h5-6H,4H2,1-3H3;1-2H3. The molecule has 70 valence electrons. The van der Waals surface area contributed by atoms with E-state index in [9.17, 15) is 0 Å². The first kappa shape index (κ1) is 11.1. The summed E-state index contributed by atoms with van der Waals surface area (Å²) in [6.45, 7) is 11.1. The number of aryl methyl sites for hydroxylation is 1. The first-order chi connectivity index (χ1) is 5.74. The van der Waals surface area contributed by atoms with E-state index in [2.05, 4.69) is 30.9 Å². The summed E-state index contributed by atoms with van der Waals surface area (Å²) >= 11 is 0. The molecule has 1 aromatic heterocycles. The zero-order valence-corrected chi connectivity index (χ0v) is 8.70. The number of aromatic nitrogens is 3. The van der Waals surface area contributed by atoms with Gasteiger partial charge in [-0.05, 0) is 6.92 Å². The van der Waals surface area contributed by atoms with Crippen LogP contribution in [0.5, 0.6) is 0 Å². The fraction of sp³-hybridized carbons (Fsp3) is 0.778. The Bertz CT molecular complexity index is 203. The van der Waals surface area contributed by atoms with Gasteiger partial charge in [-0.2, -0.15) is 5.10 Å². The van der Waals surface area contributed by atoms with Crippen LogP contribution in [-0.4, -0.2) is 14.8 Å². The average molecular weight is 169 g/mol. The Morgan fingerprint density at radius 2 is 2.00 bits per heavy atom. The number of rotatable bonds is 2. The molecule has 12 heavy (non-hydrogen) atoms. The normalized spacial score (nSPS) is 9.50. The van der Waals surface area contributed by atoms with Crippen molar-refractivity contribution in [1.29, 1.82) is 0 Å². The zero-order chi connectivity index (χ0) is 9.56. The second-order valence-corrected chi connectivity index (χ2v) is 2.61. The van der Waals surface area contributed by atoms with Crippen molar-refractivity contribution in [3.63, 3.8) is 0 Å². The molecule has 0 aromatic carbocycles. The molecular formula is C9H19N3. The highest BCUT2D eigenvalue weighted by Gasteiger charge is 2.02. The van der Waals surface area contributed by atoms with Crippen LogP contribution in [0, 0.1) is 0 Å². The molecule has 0 saturated heterocycles. The van der Waals surface area contributed by atoms with Gasteiger partial charge in [-0.25, -0.2) is 4.98 Å². The maximum Gasteiger partial charge on any atom is 0.153 e. The van der Waals surface area contributed by atoms with Crippen LogP contribution in [0.25, 0.3) is 0 Å². The van der Waals surface area contributed by atoms with Crippen molar-refractivity contribution in [2.24, 2.45) is 0 Å². The lowest BCUT2D eigenvalue weighted by Crippen LogP contribution is -1.96. The molecule has 1 heterocycles. The topological polar surface area (TPSA) is 30.7 Å². The average Bonchev–Trinajstić information content (AvgIpc) is 2.55. The van der Waals surface area contributed by atoms with Crippen LogP contribution in [0.1, 0.15) is 46.4 Å². The van der Waals surface area contributed by atoms with Crippen LogP contribution in [0.3, 0.4) is 0 Å². The van der Waals surface area contributed by atoms with Crippen LogP contribution >= 0.6 is 0 Å². The molecule has 0 atom stereocenters. The molecule has 1 aromatic rings. The van der Waals surface area contributed by atoms with Crippen molar-refractivity contribution in [1.82, 2.24) is 14.8 Å². The molecule has 0 saturated carbocycles. The molecule has 3 nitrogen and oxygen atoms in total. The predicted octanol–water partition coefficient (Wildman–Crippen LogP) is 2.45. The molecule has 0 amide bonds. The smallest absolute Gasteiger partial charge is 0.153 e. The van der Waals surface area contributed by atoms with Crippen LogP contribution in [0.2, 0.25) is 0 Å². The summed E-state index contributed by atoms with van der Waals surface area (Å²) in [5.74, 6) is 1.37. The lowest BCUT2D eigenvalue weighted by atomic mass is 10.2. The fourth-order valence-corrected chi connectivity index (χ4v) is 0.726. The van der Waals surface area contributed by atoms with Crippen LogP contribution < -0.4 is 0 Å². The first-order valence-electron chi connectivity index (χ1n) is 4.63. The minimum absolute atomic E-state index is 0.438. The van der Waals surface area contributed by atoms with E-state index in [1.165, 1.54) is 0 Å². The van der Waals surface area contributed by atoms with E-state index in [0.717, 1.165) is 12.4 Å². The van der Waals surface area contributed by atoms with Crippen molar-refractivity contribution in [2.75, 3.05) is 0 Å². The van der Waals surface area contributed by atoms with Gasteiger partial charge in [0, 0.05) is 12.5 Å². The van der Waals surface area contributed by atoms with Crippen LogP contribution in [0.15, 0.2) is 6.33 Å². The van der Waals surface area contributed by atoms with Gasteiger partial charge in [0.2, 0.25) is 0 Å². The van der Waals surface area contributed by atoms with Crippen molar-refractivity contribution in [3.8, 4) is 0 Å². The maximum atomic E-state index is 4.23. The van der Waals surface area contributed by atoms with Gasteiger partial charge in [0.05, 0.1) is 0 Å². The van der Waals surface area contributed by atoms with Gasteiger partial charge >= 0.3 is 0 Å². The molecule has 0 aliphatic rings. The van der Waals surface area contributed by atoms with Crippen molar-refractivity contribution in [3.05, 3.63) is 12.2 Å². The number of hydrogen-bond acceptors (Lipinski definition) is 2. The van der Waals surface area contributed by atoms with Crippen molar-refractivity contribution < 1.29 is 0 Å². The largest absolute Gasteiger partial charge is 0.253 e. The summed E-state index contributed by atoms with van der Waals surface area (Å²) in [6, 6.07) is 0. The van der Waals surface area contributed by atoms with E-state index in [4.69, 9.17) is 0 Å².